The van der Waals surface area contributed by atoms with Gasteiger partial charge in [0.1, 0.15) is 42.2 Å². The molecular formula is C56H65BF2N6O11. The number of carboxylic acids is 1. The average Bonchev–Trinajstić information content (AvgIpc) is 4.01. The topological polar surface area (TPSA) is 210 Å². The summed E-state index contributed by atoms with van der Waals surface area (Å²) in [5.41, 5.74) is 3.96. The molecule has 4 aromatic carbocycles. The minimum absolute atomic E-state index is 0.0339. The van der Waals surface area contributed by atoms with Crippen LogP contribution in [0.4, 0.5) is 19.2 Å². The number of carbonyl (C=O) groups excluding carboxylic acids is 3. The Morgan fingerprint density at radius 3 is 1.86 bits per heavy atom. The SMILES string of the molecule is COCCOCCOCCOc1ccc(-c2cc(-c3ccccc3)c(/N=C3\N=C(c4ccc(OCCNC(=O)CCC(=O)NCCCC[C@H](NC(=O)OC(C)(C)C)C(=O)O)cc4)C=C3c3ccccc3)n2B(F)F)cc1. The quantitative estimate of drug-likeness (QED) is 0.0252. The molecule has 0 fully saturated rings. The Morgan fingerprint density at radius 1 is 0.697 bits per heavy atom. The third-order valence-corrected chi connectivity index (χ3v) is 11.4. The molecule has 2 heterocycles. The smallest absolute Gasteiger partial charge is 0.492 e. The number of carbonyl (C=O) groups is 4. The largest absolute Gasteiger partial charge is 0.679 e. The molecule has 0 spiro atoms. The van der Waals surface area contributed by atoms with Gasteiger partial charge in [-0.3, -0.25) is 18.2 Å². The minimum atomic E-state index is -2.96. The minimum Gasteiger partial charge on any atom is -0.492 e. The summed E-state index contributed by atoms with van der Waals surface area (Å²) in [5.74, 6) is -0.450. The van der Waals surface area contributed by atoms with Gasteiger partial charge in [-0.1, -0.05) is 60.7 Å². The number of amidine groups is 1. The van der Waals surface area contributed by atoms with Gasteiger partial charge in [-0.25, -0.2) is 19.6 Å². The maximum atomic E-state index is 15.5. The van der Waals surface area contributed by atoms with Crippen molar-refractivity contribution in [3.05, 3.63) is 132 Å². The zero-order valence-electron chi connectivity index (χ0n) is 43.2. The van der Waals surface area contributed by atoms with Crippen LogP contribution in [0.25, 0.3) is 28.0 Å². The summed E-state index contributed by atoms with van der Waals surface area (Å²) in [6.45, 7) is 8.17. The summed E-state index contributed by atoms with van der Waals surface area (Å²) in [7, 11) is -1.35. The number of nitrogens with zero attached hydrogens (tertiary/aromatic N) is 3. The van der Waals surface area contributed by atoms with Gasteiger partial charge in [0.05, 0.1) is 45.3 Å². The number of amides is 3. The number of aromatic nitrogens is 1. The van der Waals surface area contributed by atoms with Crippen molar-refractivity contribution in [1.29, 1.82) is 0 Å². The van der Waals surface area contributed by atoms with Gasteiger partial charge in [0.2, 0.25) is 11.8 Å². The van der Waals surface area contributed by atoms with E-state index in [2.05, 4.69) is 16.0 Å². The van der Waals surface area contributed by atoms with Crippen LogP contribution in [-0.4, -0.2) is 131 Å². The maximum absolute atomic E-state index is 15.5. The fraction of sp³-hybridized carbons (Fsp3) is 0.357. The molecule has 0 aliphatic carbocycles. The first-order chi connectivity index (χ1) is 36.7. The summed E-state index contributed by atoms with van der Waals surface area (Å²) in [4.78, 5) is 58.3. The molecule has 0 saturated heterocycles. The molecule has 76 heavy (non-hydrogen) atoms. The molecule has 0 bridgehead atoms. The highest BCUT2D eigenvalue weighted by molar-refractivity contribution is 6.43. The molecule has 5 aromatic rings. The van der Waals surface area contributed by atoms with Crippen LogP contribution in [0.2, 0.25) is 0 Å². The van der Waals surface area contributed by atoms with E-state index >= 15 is 8.63 Å². The van der Waals surface area contributed by atoms with E-state index in [1.807, 2.05) is 78.9 Å². The predicted molar refractivity (Wildman–Crippen MR) is 288 cm³/mol. The average molecular weight is 1050 g/mol. The van der Waals surface area contributed by atoms with Crippen molar-refractivity contribution in [2.24, 2.45) is 9.98 Å². The number of unbranched alkanes of at least 4 members (excludes halogenated alkanes) is 1. The van der Waals surface area contributed by atoms with Crippen LogP contribution < -0.4 is 25.4 Å². The van der Waals surface area contributed by atoms with Gasteiger partial charge in [0.15, 0.2) is 5.84 Å². The molecule has 17 nitrogen and oxygen atoms in total. The fourth-order valence-corrected chi connectivity index (χ4v) is 7.75. The van der Waals surface area contributed by atoms with Crippen molar-refractivity contribution in [3.63, 3.8) is 0 Å². The van der Waals surface area contributed by atoms with Crippen molar-refractivity contribution >= 4 is 54.2 Å². The third kappa shape index (κ3) is 18.3. The van der Waals surface area contributed by atoms with E-state index in [9.17, 15) is 24.3 Å². The molecule has 4 N–H and O–H groups in total. The number of nitrogens with one attached hydrogen (secondary N) is 3. The normalized spacial score (nSPS) is 13.1. The van der Waals surface area contributed by atoms with Gasteiger partial charge in [0, 0.05) is 48.9 Å². The summed E-state index contributed by atoms with van der Waals surface area (Å²) in [5, 5.41) is 17.3. The van der Waals surface area contributed by atoms with Crippen LogP contribution in [0.15, 0.2) is 131 Å². The number of aliphatic imine (C=N–C) groups is 2. The lowest BCUT2D eigenvalue weighted by molar-refractivity contribution is -0.139. The highest BCUT2D eigenvalue weighted by Crippen LogP contribution is 2.41. The van der Waals surface area contributed by atoms with E-state index in [1.165, 1.54) is 0 Å². The monoisotopic (exact) mass is 1050 g/mol. The first kappa shape index (κ1) is 57.6. The second-order valence-corrected chi connectivity index (χ2v) is 18.3. The summed E-state index contributed by atoms with van der Waals surface area (Å²) < 4.78 is 64.7. The molecule has 1 aromatic heterocycles. The first-order valence-electron chi connectivity index (χ1n) is 25.1. The predicted octanol–water partition coefficient (Wildman–Crippen LogP) is 8.81. The number of halogens is 2. The van der Waals surface area contributed by atoms with E-state index in [-0.39, 0.29) is 68.1 Å². The first-order valence-corrected chi connectivity index (χ1v) is 25.1. The molecule has 402 valence electrons. The van der Waals surface area contributed by atoms with Crippen molar-refractivity contribution < 1.29 is 61.3 Å². The van der Waals surface area contributed by atoms with Gasteiger partial charge in [-0.05, 0) is 117 Å². The molecule has 1 aliphatic rings. The van der Waals surface area contributed by atoms with Crippen molar-refractivity contribution in [1.82, 2.24) is 20.4 Å². The summed E-state index contributed by atoms with van der Waals surface area (Å²) in [6, 6.07) is 33.5. The number of hydrogen-bond acceptors (Lipinski definition) is 11. The van der Waals surface area contributed by atoms with Crippen LogP contribution in [0.1, 0.15) is 64.0 Å². The number of carboxylic acid groups (broad SMARTS) is 1. The lowest BCUT2D eigenvalue weighted by Crippen LogP contribution is -2.43. The van der Waals surface area contributed by atoms with E-state index in [4.69, 9.17) is 38.4 Å². The third-order valence-electron chi connectivity index (χ3n) is 11.4. The highest BCUT2D eigenvalue weighted by Gasteiger charge is 2.30. The molecule has 1 aliphatic heterocycles. The zero-order chi connectivity index (χ0) is 54.3. The molecular weight excluding hydrogens is 981 g/mol. The number of ether oxygens (including phenoxy) is 6. The number of methoxy groups -OCH3 is 1. The second kappa shape index (κ2) is 29.4. The van der Waals surface area contributed by atoms with E-state index in [0.717, 1.165) is 15.6 Å². The molecule has 6 rings (SSSR count). The molecule has 1 atom stereocenters. The summed E-state index contributed by atoms with van der Waals surface area (Å²) >= 11 is 0. The van der Waals surface area contributed by atoms with Crippen molar-refractivity contribution in [3.8, 4) is 33.9 Å². The number of benzene rings is 4. The second-order valence-electron chi connectivity index (χ2n) is 18.3. The van der Waals surface area contributed by atoms with Crippen LogP contribution >= 0.6 is 0 Å². The molecule has 3 amide bonds. The Balaban J connectivity index is 1.05. The van der Waals surface area contributed by atoms with Crippen molar-refractivity contribution in [2.45, 2.75) is 64.5 Å². The lowest BCUT2D eigenvalue weighted by Gasteiger charge is -2.22. The Morgan fingerprint density at radius 2 is 1.26 bits per heavy atom. The number of rotatable bonds is 30. The number of aliphatic carboxylic acids is 1. The van der Waals surface area contributed by atoms with Crippen LogP contribution in [0.5, 0.6) is 11.5 Å². The summed E-state index contributed by atoms with van der Waals surface area (Å²) in [6.07, 6.45) is 2.04. The van der Waals surface area contributed by atoms with Crippen LogP contribution in [-0.2, 0) is 33.3 Å². The zero-order valence-corrected chi connectivity index (χ0v) is 43.2. The highest BCUT2D eigenvalue weighted by atomic mass is 19.2. The Bertz CT molecular complexity index is 2770. The maximum Gasteiger partial charge on any atom is 0.679 e. The van der Waals surface area contributed by atoms with Gasteiger partial charge in [-0.15, -0.1) is 0 Å². The molecule has 0 saturated carbocycles. The number of hydrogen-bond donors (Lipinski definition) is 4. The lowest BCUT2D eigenvalue weighted by atomic mass is 10.0. The Hall–Kier alpha value is -7.68. The van der Waals surface area contributed by atoms with E-state index in [0.29, 0.717) is 92.0 Å². The van der Waals surface area contributed by atoms with E-state index in [1.54, 1.807) is 70.3 Å². The molecule has 0 unspecified atom stereocenters. The van der Waals surface area contributed by atoms with E-state index < -0.39 is 31.1 Å². The molecule has 0 radical (unpaired) electrons. The Labute approximate surface area is 441 Å². The number of alkyl carbamates (subject to hydrolysis) is 1. The van der Waals surface area contributed by atoms with Crippen molar-refractivity contribution in [2.75, 3.05) is 66.4 Å². The van der Waals surface area contributed by atoms with Crippen LogP contribution in [0, 0.1) is 0 Å². The Kier molecular flexibility index (Phi) is 22.3. The van der Waals surface area contributed by atoms with Gasteiger partial charge in [-0.2, -0.15) is 0 Å². The number of allylic oxidation sites excluding steroid dienone is 1. The fourth-order valence-electron chi connectivity index (χ4n) is 7.75. The van der Waals surface area contributed by atoms with Gasteiger partial charge < -0.3 is 54.0 Å². The van der Waals surface area contributed by atoms with Crippen LogP contribution in [0.3, 0.4) is 0 Å². The van der Waals surface area contributed by atoms with Gasteiger partial charge in [0.25, 0.3) is 0 Å². The molecule has 20 heteroatoms. The standard InChI is InChI=1S/C56H65BF2N6O11/c1-56(2,3)76-55(70)63-47(54(68)69)17-11-12-28-60-50(66)26-27-51(67)61-29-30-74-43-22-18-41(19-23-43)48-37-45(39-13-7-5-8-14-39)52(62-48)64-53-46(40-15-9-6-10-16-40)38-49(65(53)57(58)59)42-20-24-44(25-21-42)75-36-35-73-34-33-72-32-31-71-4/h5-10,13-16,18-25,37-38,47H,11-12,17,26-36H2,1-4H3,(H,60,66)(H,61,67)(H,63,70)(H,68,69)/b64-52-/t47-/m0/s1. The van der Waals surface area contributed by atoms with Gasteiger partial charge >= 0.3 is 19.5 Å².